The van der Waals surface area contributed by atoms with Gasteiger partial charge in [0.25, 0.3) is 0 Å². The molecule has 0 atom stereocenters. The van der Waals surface area contributed by atoms with Crippen molar-refractivity contribution in [2.75, 3.05) is 0 Å². The molecule has 0 spiro atoms. The maximum Gasteiger partial charge on any atom is 0.314 e. The van der Waals surface area contributed by atoms with Crippen LogP contribution >= 0.6 is 0 Å². The van der Waals surface area contributed by atoms with Crippen molar-refractivity contribution in [3.63, 3.8) is 0 Å². The molecule has 0 radical (unpaired) electrons. The minimum Gasteiger partial charge on any atom is -0.468 e. The number of carbonyl (C=O) groups is 1. The number of rotatable bonds is 2. The number of benzene rings is 1. The molecule has 0 amide bonds. The van der Waals surface area contributed by atoms with E-state index in [4.69, 9.17) is 9.15 Å². The summed E-state index contributed by atoms with van der Waals surface area (Å²) in [5.41, 5.74) is 4.31. The lowest BCUT2D eigenvalue weighted by atomic mass is 9.86. The average molecular weight is 284 g/mol. The topological polar surface area (TPSA) is 39.4 Å². The lowest BCUT2D eigenvalue weighted by molar-refractivity contribution is -0.154. The van der Waals surface area contributed by atoms with Crippen molar-refractivity contribution < 1.29 is 13.9 Å². The van der Waals surface area contributed by atoms with Crippen molar-refractivity contribution in [3.05, 3.63) is 47.4 Å². The van der Waals surface area contributed by atoms with Crippen LogP contribution in [0.3, 0.4) is 0 Å². The number of furan rings is 1. The monoisotopic (exact) mass is 284 g/mol. The molecular formula is C18H20O3. The minimum absolute atomic E-state index is 0.181. The van der Waals surface area contributed by atoms with Gasteiger partial charge in [-0.25, -0.2) is 0 Å². The van der Waals surface area contributed by atoms with Gasteiger partial charge in [0.2, 0.25) is 0 Å². The molecule has 21 heavy (non-hydrogen) atoms. The van der Waals surface area contributed by atoms with Gasteiger partial charge in [0.15, 0.2) is 0 Å². The van der Waals surface area contributed by atoms with Gasteiger partial charge in [-0.15, -0.1) is 0 Å². The maximum atomic E-state index is 12.0. The zero-order chi connectivity index (χ0) is 15.0. The third kappa shape index (κ3) is 2.87. The van der Waals surface area contributed by atoms with Crippen molar-refractivity contribution in [1.29, 1.82) is 0 Å². The van der Waals surface area contributed by atoms with E-state index in [9.17, 15) is 4.79 Å². The molecule has 0 saturated carbocycles. The smallest absolute Gasteiger partial charge is 0.314 e. The van der Waals surface area contributed by atoms with Gasteiger partial charge in [-0.3, -0.25) is 4.79 Å². The van der Waals surface area contributed by atoms with E-state index >= 15 is 0 Å². The second kappa shape index (κ2) is 5.06. The third-order valence-electron chi connectivity index (χ3n) is 3.62. The van der Waals surface area contributed by atoms with Crippen LogP contribution in [0.15, 0.2) is 34.9 Å². The molecule has 1 aromatic heterocycles. The Morgan fingerprint density at radius 1 is 1.19 bits per heavy atom. The summed E-state index contributed by atoms with van der Waals surface area (Å²) in [6.45, 7) is 5.62. The van der Waals surface area contributed by atoms with Crippen LogP contribution in [0.1, 0.15) is 37.7 Å². The predicted molar refractivity (Wildman–Crippen MR) is 81.1 cm³/mol. The molecule has 3 nitrogen and oxygen atoms in total. The first-order chi connectivity index (χ1) is 9.94. The van der Waals surface area contributed by atoms with Crippen molar-refractivity contribution in [1.82, 2.24) is 0 Å². The molecule has 3 rings (SSSR count). The van der Waals surface area contributed by atoms with E-state index in [1.807, 2.05) is 26.8 Å². The zero-order valence-electron chi connectivity index (χ0n) is 12.7. The predicted octanol–water partition coefficient (Wildman–Crippen LogP) is 3.93. The van der Waals surface area contributed by atoms with E-state index in [0.29, 0.717) is 5.76 Å². The third-order valence-corrected chi connectivity index (χ3v) is 3.62. The number of carbonyl (C=O) groups excluding carboxylic acids is 1. The van der Waals surface area contributed by atoms with Gasteiger partial charge in [0, 0.05) is 5.56 Å². The second-order valence-corrected chi connectivity index (χ2v) is 6.48. The van der Waals surface area contributed by atoms with Gasteiger partial charge in [0.05, 0.1) is 6.26 Å². The number of fused-ring (bicyclic) bond motifs is 3. The van der Waals surface area contributed by atoms with Crippen LogP contribution in [0, 0.1) is 0 Å². The fourth-order valence-corrected chi connectivity index (χ4v) is 2.84. The van der Waals surface area contributed by atoms with Crippen LogP contribution in [-0.4, -0.2) is 11.6 Å². The SMILES string of the molecule is CC(C)(C)OC(=O)Cc1occ2c1-c1ccccc1CC2. The summed E-state index contributed by atoms with van der Waals surface area (Å²) >= 11 is 0. The highest BCUT2D eigenvalue weighted by Crippen LogP contribution is 2.37. The summed E-state index contributed by atoms with van der Waals surface area (Å²) in [5, 5.41) is 0. The largest absolute Gasteiger partial charge is 0.468 e. The lowest BCUT2D eigenvalue weighted by Crippen LogP contribution is -2.25. The van der Waals surface area contributed by atoms with Crippen molar-refractivity contribution in [3.8, 4) is 11.1 Å². The molecule has 0 N–H and O–H groups in total. The number of ether oxygens (including phenoxy) is 1. The number of aryl methyl sites for hydroxylation is 2. The van der Waals surface area contributed by atoms with Crippen LogP contribution in [0.4, 0.5) is 0 Å². The Kier molecular flexibility index (Phi) is 3.36. The van der Waals surface area contributed by atoms with Crippen molar-refractivity contribution >= 4 is 5.97 Å². The normalized spacial score (nSPS) is 13.5. The Bertz CT molecular complexity index is 674. The fourth-order valence-electron chi connectivity index (χ4n) is 2.84. The molecule has 1 aliphatic carbocycles. The summed E-state index contributed by atoms with van der Waals surface area (Å²) < 4.78 is 11.0. The molecule has 1 aliphatic rings. The Morgan fingerprint density at radius 2 is 1.90 bits per heavy atom. The molecule has 3 heteroatoms. The zero-order valence-corrected chi connectivity index (χ0v) is 12.7. The number of hydrogen-bond acceptors (Lipinski definition) is 3. The molecular weight excluding hydrogens is 264 g/mol. The molecule has 0 unspecified atom stereocenters. The molecule has 0 bridgehead atoms. The van der Waals surface area contributed by atoms with Crippen LogP contribution in [0.25, 0.3) is 11.1 Å². The first-order valence-corrected chi connectivity index (χ1v) is 7.33. The highest BCUT2D eigenvalue weighted by atomic mass is 16.6. The standard InChI is InChI=1S/C18H20O3/c1-18(2,3)21-16(19)10-15-17-13(11-20-15)9-8-12-6-4-5-7-14(12)17/h4-7,11H,8-10H2,1-3H3. The Hall–Kier alpha value is -2.03. The first-order valence-electron chi connectivity index (χ1n) is 7.33. The summed E-state index contributed by atoms with van der Waals surface area (Å²) in [5.74, 6) is 0.467. The van der Waals surface area contributed by atoms with E-state index in [0.717, 1.165) is 18.4 Å². The summed E-state index contributed by atoms with van der Waals surface area (Å²) in [6.07, 6.45) is 3.95. The number of esters is 1. The van der Waals surface area contributed by atoms with Crippen molar-refractivity contribution in [2.24, 2.45) is 0 Å². The van der Waals surface area contributed by atoms with Gasteiger partial charge in [-0.1, -0.05) is 24.3 Å². The van der Waals surface area contributed by atoms with Gasteiger partial charge in [0.1, 0.15) is 17.8 Å². The Morgan fingerprint density at radius 3 is 2.67 bits per heavy atom. The minimum atomic E-state index is -0.471. The molecule has 2 aromatic rings. The van der Waals surface area contributed by atoms with E-state index in [1.165, 1.54) is 16.7 Å². The van der Waals surface area contributed by atoms with E-state index in [-0.39, 0.29) is 12.4 Å². The molecule has 0 saturated heterocycles. The second-order valence-electron chi connectivity index (χ2n) is 6.48. The summed E-state index contributed by atoms with van der Waals surface area (Å²) in [6, 6.07) is 8.32. The summed E-state index contributed by atoms with van der Waals surface area (Å²) in [7, 11) is 0. The maximum absolute atomic E-state index is 12.0. The van der Waals surface area contributed by atoms with E-state index < -0.39 is 5.60 Å². The summed E-state index contributed by atoms with van der Waals surface area (Å²) in [4.78, 5) is 12.0. The fraction of sp³-hybridized carbons (Fsp3) is 0.389. The van der Waals surface area contributed by atoms with Gasteiger partial charge < -0.3 is 9.15 Å². The van der Waals surface area contributed by atoms with Crippen LogP contribution in [0.5, 0.6) is 0 Å². The van der Waals surface area contributed by atoms with Crippen LogP contribution < -0.4 is 0 Å². The van der Waals surface area contributed by atoms with E-state index in [1.54, 1.807) is 6.26 Å². The molecule has 1 aromatic carbocycles. The lowest BCUT2D eigenvalue weighted by Gasteiger charge is -2.20. The number of hydrogen-bond donors (Lipinski definition) is 0. The van der Waals surface area contributed by atoms with Crippen LogP contribution in [-0.2, 0) is 28.8 Å². The quantitative estimate of drug-likeness (QED) is 0.784. The van der Waals surface area contributed by atoms with E-state index in [2.05, 4.69) is 18.2 Å². The Balaban J connectivity index is 1.91. The average Bonchev–Trinajstić information content (AvgIpc) is 2.80. The van der Waals surface area contributed by atoms with Gasteiger partial charge >= 0.3 is 5.97 Å². The molecule has 110 valence electrons. The van der Waals surface area contributed by atoms with Gasteiger partial charge in [-0.05, 0) is 50.3 Å². The first kappa shape index (κ1) is 13.9. The molecule has 1 heterocycles. The highest BCUT2D eigenvalue weighted by molar-refractivity contribution is 5.80. The van der Waals surface area contributed by atoms with Crippen LogP contribution in [0.2, 0.25) is 0 Å². The van der Waals surface area contributed by atoms with Crippen molar-refractivity contribution in [2.45, 2.75) is 45.6 Å². The van der Waals surface area contributed by atoms with Gasteiger partial charge in [-0.2, -0.15) is 0 Å². The molecule has 0 fully saturated rings. The Labute approximate surface area is 124 Å². The molecule has 0 aliphatic heterocycles. The highest BCUT2D eigenvalue weighted by Gasteiger charge is 2.25.